The third-order valence-electron chi connectivity index (χ3n) is 5.03. The fourth-order valence-electron chi connectivity index (χ4n) is 3.29. The van der Waals surface area contributed by atoms with Crippen LogP contribution in [-0.4, -0.2) is 65.2 Å². The second-order valence-corrected chi connectivity index (χ2v) is 7.58. The van der Waals surface area contributed by atoms with E-state index in [1.807, 2.05) is 43.4 Å². The van der Waals surface area contributed by atoms with Gasteiger partial charge in [0, 0.05) is 0 Å². The third kappa shape index (κ3) is 7.87. The van der Waals surface area contributed by atoms with E-state index in [0.717, 1.165) is 18.4 Å². The Bertz CT molecular complexity index is 965. The summed E-state index contributed by atoms with van der Waals surface area (Å²) in [6, 6.07) is 5.69. The molecule has 35 heavy (non-hydrogen) atoms. The van der Waals surface area contributed by atoms with Gasteiger partial charge in [-0.2, -0.15) is 0 Å². The van der Waals surface area contributed by atoms with Crippen LogP contribution in [0.2, 0.25) is 0 Å². The number of carbonyl (C=O) groups excluding carboxylic acids is 2. The molecule has 0 aromatic heterocycles. The second kappa shape index (κ2) is 13.2. The lowest BCUT2D eigenvalue weighted by Crippen LogP contribution is -2.20. The van der Waals surface area contributed by atoms with Gasteiger partial charge in [0.25, 0.3) is 0 Å². The number of hydrogen-bond donors (Lipinski definition) is 0. The summed E-state index contributed by atoms with van der Waals surface area (Å²) in [4.78, 5) is 22.1. The van der Waals surface area contributed by atoms with Crippen LogP contribution in [0.3, 0.4) is 0 Å². The van der Waals surface area contributed by atoms with E-state index in [1.165, 1.54) is 0 Å². The van der Waals surface area contributed by atoms with Gasteiger partial charge in [0.2, 0.25) is 0 Å². The summed E-state index contributed by atoms with van der Waals surface area (Å²) in [6.45, 7) is 2.55. The van der Waals surface area contributed by atoms with Crippen molar-refractivity contribution in [2.24, 2.45) is 0 Å². The molecule has 2 aliphatic rings. The van der Waals surface area contributed by atoms with Crippen molar-refractivity contribution in [1.82, 2.24) is 0 Å². The highest BCUT2D eigenvalue weighted by atomic mass is 16.8. The van der Waals surface area contributed by atoms with E-state index in [-0.39, 0.29) is 26.4 Å². The molecule has 0 aliphatic carbocycles. The molecule has 10 heteroatoms. The van der Waals surface area contributed by atoms with Gasteiger partial charge in [0.05, 0.1) is 14.2 Å². The van der Waals surface area contributed by atoms with Gasteiger partial charge in [-0.25, -0.2) is 9.59 Å². The zero-order valence-electron chi connectivity index (χ0n) is 20.0. The van der Waals surface area contributed by atoms with Gasteiger partial charge in [0.1, 0.15) is 26.4 Å². The maximum Gasteiger partial charge on any atom is 0.508 e. The quantitative estimate of drug-likeness (QED) is 0.228. The Hall–Kier alpha value is -3.82. The Kier molecular flexibility index (Phi) is 9.70. The maximum absolute atomic E-state index is 11.1. The number of hydrogen-bond acceptors (Lipinski definition) is 10. The summed E-state index contributed by atoms with van der Waals surface area (Å²) >= 11 is 0. The van der Waals surface area contributed by atoms with E-state index in [1.54, 1.807) is 20.3 Å². The van der Waals surface area contributed by atoms with Crippen LogP contribution in [-0.2, 0) is 34.8 Å². The Balaban J connectivity index is 1.54. The van der Waals surface area contributed by atoms with Crippen LogP contribution < -0.4 is 9.47 Å². The molecule has 2 unspecified atom stereocenters. The van der Waals surface area contributed by atoms with Crippen molar-refractivity contribution >= 4 is 12.3 Å². The zero-order valence-corrected chi connectivity index (χ0v) is 20.0. The van der Waals surface area contributed by atoms with Crippen LogP contribution in [0.4, 0.5) is 9.59 Å². The molecule has 0 N–H and O–H groups in total. The van der Waals surface area contributed by atoms with E-state index in [4.69, 9.17) is 37.9 Å². The lowest BCUT2D eigenvalue weighted by molar-refractivity contribution is 0.0752. The molecule has 0 amide bonds. The van der Waals surface area contributed by atoms with E-state index < -0.39 is 24.5 Å². The molecular weight excluding hydrogens is 460 g/mol. The highest BCUT2D eigenvalue weighted by Crippen LogP contribution is 2.29. The van der Waals surface area contributed by atoms with E-state index in [2.05, 4.69) is 0 Å². The molecule has 1 aromatic carbocycles. The van der Waals surface area contributed by atoms with E-state index in [9.17, 15) is 9.59 Å². The van der Waals surface area contributed by atoms with Gasteiger partial charge in [-0.3, -0.25) is 0 Å². The Morgan fingerprint density at radius 3 is 2.29 bits per heavy atom. The van der Waals surface area contributed by atoms with Crippen LogP contribution in [0.1, 0.15) is 18.9 Å². The summed E-state index contributed by atoms with van der Waals surface area (Å²) in [6.07, 6.45) is 6.68. The minimum atomic E-state index is -0.688. The summed E-state index contributed by atoms with van der Waals surface area (Å²) in [5, 5.41) is 0. The Morgan fingerprint density at radius 1 is 0.971 bits per heavy atom. The molecule has 2 aliphatic heterocycles. The van der Waals surface area contributed by atoms with E-state index in [0.29, 0.717) is 23.0 Å². The number of allylic oxidation sites excluding steroid dienone is 4. The lowest BCUT2D eigenvalue weighted by Gasteiger charge is -2.14. The molecule has 190 valence electrons. The van der Waals surface area contributed by atoms with Gasteiger partial charge in [-0.05, 0) is 49.6 Å². The number of methoxy groups -OCH3 is 2. The Labute approximate surface area is 204 Å². The molecule has 0 bridgehead atoms. The minimum absolute atomic E-state index is 0.163. The van der Waals surface area contributed by atoms with Gasteiger partial charge >= 0.3 is 12.3 Å². The standard InChI is InChI=1S/C25H30O10/c1-4-7-21(30-13-18-15-32-24(26)34-18)20(28-2)9-6-5-8-17-10-11-22(23(12-17)29-3)31-14-19-16-33-25(27)35-19/h4,6-7,9-12,18-19H,5,8,13-16H2,1-3H3/b7-4-,9-6-,21-20-. The molecule has 2 atom stereocenters. The summed E-state index contributed by atoms with van der Waals surface area (Å²) in [7, 11) is 3.13. The first-order valence-corrected chi connectivity index (χ1v) is 11.2. The number of cyclic esters (lactones) is 4. The molecule has 0 spiro atoms. The SMILES string of the molecule is C\C=C/C(OCC1COC(=O)O1)=C(\C=C/CCc1ccc(OCC2COC(=O)O2)c(OC)c1)OC. The number of aryl methyl sites for hydroxylation is 1. The first-order chi connectivity index (χ1) is 17.0. The summed E-state index contributed by atoms with van der Waals surface area (Å²) in [5.41, 5.74) is 1.06. The minimum Gasteiger partial charge on any atom is -0.493 e. The molecule has 2 fully saturated rings. The number of ether oxygens (including phenoxy) is 8. The van der Waals surface area contributed by atoms with Crippen LogP contribution >= 0.6 is 0 Å². The van der Waals surface area contributed by atoms with Gasteiger partial charge in [-0.15, -0.1) is 0 Å². The average molecular weight is 491 g/mol. The number of carbonyl (C=O) groups is 2. The Morgan fingerprint density at radius 2 is 1.69 bits per heavy atom. The zero-order chi connectivity index (χ0) is 25.0. The topological polar surface area (TPSA) is 108 Å². The molecule has 0 saturated carbocycles. The van der Waals surface area contributed by atoms with Crippen LogP contribution in [0.5, 0.6) is 11.5 Å². The first kappa shape index (κ1) is 25.8. The lowest BCUT2D eigenvalue weighted by atomic mass is 10.1. The molecule has 3 rings (SSSR count). The highest BCUT2D eigenvalue weighted by Gasteiger charge is 2.26. The molecule has 2 saturated heterocycles. The summed E-state index contributed by atoms with van der Waals surface area (Å²) < 4.78 is 41.9. The number of rotatable bonds is 13. The first-order valence-electron chi connectivity index (χ1n) is 11.2. The molecule has 1 aromatic rings. The maximum atomic E-state index is 11.1. The van der Waals surface area contributed by atoms with Gasteiger partial charge < -0.3 is 37.9 Å². The molecular formula is C25H30O10. The van der Waals surface area contributed by atoms with E-state index >= 15 is 0 Å². The van der Waals surface area contributed by atoms with Crippen LogP contribution in [0, 0.1) is 0 Å². The third-order valence-corrected chi connectivity index (χ3v) is 5.03. The van der Waals surface area contributed by atoms with Crippen molar-refractivity contribution in [1.29, 1.82) is 0 Å². The predicted molar refractivity (Wildman–Crippen MR) is 123 cm³/mol. The number of benzene rings is 1. The van der Waals surface area contributed by atoms with Crippen molar-refractivity contribution in [3.05, 3.63) is 59.6 Å². The van der Waals surface area contributed by atoms with Crippen molar-refractivity contribution in [3.63, 3.8) is 0 Å². The van der Waals surface area contributed by atoms with Crippen molar-refractivity contribution in [3.8, 4) is 11.5 Å². The summed E-state index contributed by atoms with van der Waals surface area (Å²) in [5.74, 6) is 2.22. The van der Waals surface area contributed by atoms with Crippen LogP contribution in [0.15, 0.2) is 54.0 Å². The largest absolute Gasteiger partial charge is 0.508 e. The fraction of sp³-hybridized carbons (Fsp3) is 0.440. The second-order valence-electron chi connectivity index (χ2n) is 7.58. The predicted octanol–water partition coefficient (Wildman–Crippen LogP) is 4.08. The molecule has 2 heterocycles. The fourth-order valence-corrected chi connectivity index (χ4v) is 3.29. The van der Waals surface area contributed by atoms with Gasteiger partial charge in [0.15, 0.2) is 35.2 Å². The highest BCUT2D eigenvalue weighted by molar-refractivity contribution is 5.62. The van der Waals surface area contributed by atoms with Crippen LogP contribution in [0.25, 0.3) is 0 Å². The smallest absolute Gasteiger partial charge is 0.493 e. The molecule has 10 nitrogen and oxygen atoms in total. The van der Waals surface area contributed by atoms with Gasteiger partial charge in [-0.1, -0.05) is 18.2 Å². The van der Waals surface area contributed by atoms with Crippen molar-refractivity contribution < 1.29 is 47.5 Å². The normalized spacial score (nSPS) is 20.2. The van der Waals surface area contributed by atoms with Crippen molar-refractivity contribution in [2.75, 3.05) is 40.6 Å². The average Bonchev–Trinajstić information content (AvgIpc) is 3.48. The monoisotopic (exact) mass is 490 g/mol. The molecule has 0 radical (unpaired) electrons. The van der Waals surface area contributed by atoms with Crippen molar-refractivity contribution in [2.45, 2.75) is 32.0 Å².